The van der Waals surface area contributed by atoms with Crippen LogP contribution in [0.1, 0.15) is 38.8 Å². The van der Waals surface area contributed by atoms with Gasteiger partial charge in [-0.3, -0.25) is 0 Å². The van der Waals surface area contributed by atoms with Crippen molar-refractivity contribution in [2.24, 2.45) is 5.73 Å². The van der Waals surface area contributed by atoms with Gasteiger partial charge in [-0.25, -0.2) is 4.98 Å². The fourth-order valence-corrected chi connectivity index (χ4v) is 3.06. The van der Waals surface area contributed by atoms with E-state index in [-0.39, 0.29) is 17.7 Å². The molecule has 2 unspecified atom stereocenters. The van der Waals surface area contributed by atoms with E-state index >= 15 is 0 Å². The van der Waals surface area contributed by atoms with E-state index in [1.165, 1.54) is 11.1 Å². The van der Waals surface area contributed by atoms with Gasteiger partial charge in [-0.2, -0.15) is 0 Å². The molecule has 0 bridgehead atoms. The Morgan fingerprint density at radius 2 is 2.25 bits per heavy atom. The molecule has 1 aromatic rings. The molecular formula is C16H27N3O. The van der Waals surface area contributed by atoms with Crippen LogP contribution in [0.3, 0.4) is 0 Å². The van der Waals surface area contributed by atoms with E-state index in [2.05, 4.69) is 43.6 Å². The van der Waals surface area contributed by atoms with E-state index in [4.69, 9.17) is 10.5 Å². The van der Waals surface area contributed by atoms with E-state index in [1.54, 1.807) is 0 Å². The molecule has 1 aliphatic heterocycles. The molecule has 2 N–H and O–H groups in total. The number of aromatic nitrogens is 1. The summed E-state index contributed by atoms with van der Waals surface area (Å²) in [5.74, 6) is 1.07. The topological polar surface area (TPSA) is 51.4 Å². The summed E-state index contributed by atoms with van der Waals surface area (Å²) in [6.07, 6.45) is 3.06. The molecule has 112 valence electrons. The summed E-state index contributed by atoms with van der Waals surface area (Å²) in [7, 11) is 0. The van der Waals surface area contributed by atoms with Gasteiger partial charge in [0, 0.05) is 25.3 Å². The van der Waals surface area contributed by atoms with Crippen LogP contribution >= 0.6 is 0 Å². The summed E-state index contributed by atoms with van der Waals surface area (Å²) in [6, 6.07) is 2.38. The number of morpholine rings is 1. The highest BCUT2D eigenvalue weighted by Gasteiger charge is 2.32. The first-order chi connectivity index (χ1) is 9.27. The van der Waals surface area contributed by atoms with Crippen LogP contribution < -0.4 is 10.6 Å². The minimum atomic E-state index is -0.129. The van der Waals surface area contributed by atoms with Crippen LogP contribution in [0, 0.1) is 6.92 Å². The first kappa shape index (κ1) is 15.3. The standard InChI is InChI=1S/C16H27N3O/c1-11-6-14(7-12(2)17)8-18-15(11)19-9-13(3)20-16(4,5)10-19/h6,8,12-13H,7,9-10,17H2,1-5H3. The molecule has 0 spiro atoms. The van der Waals surface area contributed by atoms with Gasteiger partial charge in [0.2, 0.25) is 0 Å². The molecule has 2 rings (SSSR count). The average Bonchev–Trinajstić information content (AvgIpc) is 2.24. The van der Waals surface area contributed by atoms with Crippen molar-refractivity contribution in [2.75, 3.05) is 18.0 Å². The zero-order valence-electron chi connectivity index (χ0n) is 13.3. The highest BCUT2D eigenvalue weighted by molar-refractivity contribution is 5.48. The van der Waals surface area contributed by atoms with Crippen LogP contribution in [0.4, 0.5) is 5.82 Å². The lowest BCUT2D eigenvalue weighted by atomic mass is 10.0. The fraction of sp³-hybridized carbons (Fsp3) is 0.688. The monoisotopic (exact) mass is 277 g/mol. The van der Waals surface area contributed by atoms with Crippen LogP contribution in [-0.2, 0) is 11.2 Å². The summed E-state index contributed by atoms with van der Waals surface area (Å²) in [5.41, 5.74) is 8.15. The number of ether oxygens (including phenoxy) is 1. The Hall–Kier alpha value is -1.13. The molecule has 2 heterocycles. The smallest absolute Gasteiger partial charge is 0.131 e. The molecule has 0 aromatic carbocycles. The third-order valence-electron chi connectivity index (χ3n) is 3.53. The van der Waals surface area contributed by atoms with Crippen LogP contribution in [0.25, 0.3) is 0 Å². The first-order valence-electron chi connectivity index (χ1n) is 7.41. The lowest BCUT2D eigenvalue weighted by Crippen LogP contribution is -2.52. The Morgan fingerprint density at radius 3 is 2.80 bits per heavy atom. The maximum Gasteiger partial charge on any atom is 0.131 e. The summed E-state index contributed by atoms with van der Waals surface area (Å²) >= 11 is 0. The Labute approximate surface area is 122 Å². The number of anilines is 1. The number of nitrogens with zero attached hydrogens (tertiary/aromatic N) is 2. The SMILES string of the molecule is Cc1cc(CC(C)N)cnc1N1CC(C)OC(C)(C)C1. The molecule has 1 aromatic heterocycles. The molecular weight excluding hydrogens is 250 g/mol. The molecule has 0 aliphatic carbocycles. The highest BCUT2D eigenvalue weighted by atomic mass is 16.5. The quantitative estimate of drug-likeness (QED) is 0.921. The third kappa shape index (κ3) is 3.70. The fourth-order valence-electron chi connectivity index (χ4n) is 3.06. The van der Waals surface area contributed by atoms with Crippen molar-refractivity contribution in [2.45, 2.75) is 58.8 Å². The predicted molar refractivity (Wildman–Crippen MR) is 83.2 cm³/mol. The van der Waals surface area contributed by atoms with Gasteiger partial charge in [0.15, 0.2) is 0 Å². The van der Waals surface area contributed by atoms with Crippen molar-refractivity contribution in [3.05, 3.63) is 23.4 Å². The van der Waals surface area contributed by atoms with Gasteiger partial charge in [-0.1, -0.05) is 6.07 Å². The first-order valence-corrected chi connectivity index (χ1v) is 7.41. The van der Waals surface area contributed by atoms with E-state index in [1.807, 2.05) is 13.1 Å². The van der Waals surface area contributed by atoms with Gasteiger partial charge >= 0.3 is 0 Å². The molecule has 1 fully saturated rings. The number of pyridine rings is 1. The van der Waals surface area contributed by atoms with E-state index in [9.17, 15) is 0 Å². The lowest BCUT2D eigenvalue weighted by molar-refractivity contribution is -0.0751. The van der Waals surface area contributed by atoms with Crippen molar-refractivity contribution < 1.29 is 4.74 Å². The second-order valence-corrected chi connectivity index (χ2v) is 6.73. The maximum atomic E-state index is 5.96. The second kappa shape index (κ2) is 5.70. The molecule has 0 saturated carbocycles. The number of nitrogens with two attached hydrogens (primary N) is 1. The Kier molecular flexibility index (Phi) is 4.35. The summed E-state index contributed by atoms with van der Waals surface area (Å²) in [5, 5.41) is 0. The largest absolute Gasteiger partial charge is 0.369 e. The second-order valence-electron chi connectivity index (χ2n) is 6.73. The van der Waals surface area contributed by atoms with Crippen molar-refractivity contribution in [3.63, 3.8) is 0 Å². The number of rotatable bonds is 3. The van der Waals surface area contributed by atoms with Crippen molar-refractivity contribution in [1.82, 2.24) is 4.98 Å². The predicted octanol–water partition coefficient (Wildman–Crippen LogP) is 2.28. The summed E-state index contributed by atoms with van der Waals surface area (Å²) < 4.78 is 5.96. The van der Waals surface area contributed by atoms with Crippen LogP contribution in [0.15, 0.2) is 12.3 Å². The zero-order chi connectivity index (χ0) is 14.9. The van der Waals surface area contributed by atoms with Crippen molar-refractivity contribution in [3.8, 4) is 0 Å². The molecule has 1 saturated heterocycles. The summed E-state index contributed by atoms with van der Waals surface area (Å²) in [4.78, 5) is 7.00. The van der Waals surface area contributed by atoms with Gasteiger partial charge < -0.3 is 15.4 Å². The van der Waals surface area contributed by atoms with Crippen molar-refractivity contribution in [1.29, 1.82) is 0 Å². The van der Waals surface area contributed by atoms with Gasteiger partial charge in [-0.15, -0.1) is 0 Å². The van der Waals surface area contributed by atoms with Gasteiger partial charge in [-0.05, 0) is 52.2 Å². The number of hydrogen-bond donors (Lipinski definition) is 1. The van der Waals surface area contributed by atoms with Crippen LogP contribution in [0.2, 0.25) is 0 Å². The molecule has 0 radical (unpaired) electrons. The lowest BCUT2D eigenvalue weighted by Gasteiger charge is -2.42. The van der Waals surface area contributed by atoms with Gasteiger partial charge in [0.05, 0.1) is 11.7 Å². The Bertz CT molecular complexity index is 471. The third-order valence-corrected chi connectivity index (χ3v) is 3.53. The Balaban J connectivity index is 2.20. The van der Waals surface area contributed by atoms with E-state index < -0.39 is 0 Å². The van der Waals surface area contributed by atoms with Gasteiger partial charge in [0.1, 0.15) is 5.82 Å². The molecule has 2 atom stereocenters. The maximum absolute atomic E-state index is 5.96. The van der Waals surface area contributed by atoms with E-state index in [0.717, 1.165) is 25.3 Å². The molecule has 4 heteroatoms. The minimum Gasteiger partial charge on any atom is -0.369 e. The van der Waals surface area contributed by atoms with Crippen molar-refractivity contribution >= 4 is 5.82 Å². The highest BCUT2D eigenvalue weighted by Crippen LogP contribution is 2.27. The molecule has 0 amide bonds. The summed E-state index contributed by atoms with van der Waals surface area (Å²) in [6.45, 7) is 12.3. The number of hydrogen-bond acceptors (Lipinski definition) is 4. The number of aryl methyl sites for hydroxylation is 1. The Morgan fingerprint density at radius 1 is 1.55 bits per heavy atom. The molecule has 20 heavy (non-hydrogen) atoms. The normalized spacial score (nSPS) is 23.7. The van der Waals surface area contributed by atoms with E-state index in [0.29, 0.717) is 0 Å². The zero-order valence-corrected chi connectivity index (χ0v) is 13.3. The van der Waals surface area contributed by atoms with Crippen LogP contribution in [0.5, 0.6) is 0 Å². The molecule has 4 nitrogen and oxygen atoms in total. The average molecular weight is 277 g/mol. The van der Waals surface area contributed by atoms with Gasteiger partial charge in [0.25, 0.3) is 0 Å². The molecule has 1 aliphatic rings. The van der Waals surface area contributed by atoms with Crippen LogP contribution in [-0.4, -0.2) is 35.8 Å². The minimum absolute atomic E-state index is 0.129.